The molecule has 45 heavy (non-hydrogen) atoms. The second-order valence-corrected chi connectivity index (χ2v) is 15.5. The molecule has 0 aliphatic heterocycles. The van der Waals surface area contributed by atoms with E-state index in [2.05, 4.69) is 145 Å². The maximum absolute atomic E-state index is 2.55. The lowest BCUT2D eigenvalue weighted by Crippen LogP contribution is -2.31. The molecular weight excluding hydrogens is 540 g/mol. The molecule has 228 valence electrons. The average molecular weight is 589 g/mol. The predicted octanol–water partition coefficient (Wildman–Crippen LogP) is 10.3. The third-order valence-electron chi connectivity index (χ3n) is 10.3. The van der Waals surface area contributed by atoms with Crippen LogP contribution in [0.25, 0.3) is 17.2 Å². The van der Waals surface area contributed by atoms with Crippen molar-refractivity contribution in [2.75, 3.05) is 0 Å². The molecule has 0 aromatic heterocycles. The van der Waals surface area contributed by atoms with Gasteiger partial charge in [-0.05, 0) is 113 Å². The summed E-state index contributed by atoms with van der Waals surface area (Å²) in [5.74, 6) is 0.544. The molecule has 4 aromatic rings. The smallest absolute Gasteiger partial charge is 0.00169 e. The summed E-state index contributed by atoms with van der Waals surface area (Å²) >= 11 is 0. The molecule has 3 aliphatic rings. The van der Waals surface area contributed by atoms with Crippen LogP contribution >= 0.6 is 0 Å². The van der Waals surface area contributed by atoms with Crippen LogP contribution in [0.3, 0.4) is 0 Å². The fourth-order valence-corrected chi connectivity index (χ4v) is 8.21. The first-order valence-electron chi connectivity index (χ1n) is 17.2. The zero-order chi connectivity index (χ0) is 31.3. The third kappa shape index (κ3) is 5.37. The number of benzene rings is 4. The molecule has 0 heterocycles. The third-order valence-corrected chi connectivity index (χ3v) is 10.3. The molecule has 0 bridgehead atoms. The zero-order valence-electron chi connectivity index (χ0n) is 28.1. The summed E-state index contributed by atoms with van der Waals surface area (Å²) in [7, 11) is 0. The molecule has 3 aliphatic carbocycles. The Morgan fingerprint density at radius 3 is 1.91 bits per heavy atom. The molecule has 0 radical (unpaired) electrons. The number of rotatable bonds is 4. The summed E-state index contributed by atoms with van der Waals surface area (Å²) in [5.41, 5.74) is 13.0. The van der Waals surface area contributed by atoms with Crippen LogP contribution in [0.1, 0.15) is 125 Å². The highest BCUT2D eigenvalue weighted by atomic mass is 14.4. The minimum Gasteiger partial charge on any atom is -0.0801 e. The first kappa shape index (κ1) is 29.8. The van der Waals surface area contributed by atoms with E-state index in [0.29, 0.717) is 5.92 Å². The van der Waals surface area contributed by atoms with Crippen molar-refractivity contribution in [3.63, 3.8) is 0 Å². The average Bonchev–Trinajstić information content (AvgIpc) is 3.70. The normalized spacial score (nSPS) is 16.3. The summed E-state index contributed by atoms with van der Waals surface area (Å²) in [4.78, 5) is 0. The molecule has 0 atom stereocenters. The van der Waals surface area contributed by atoms with Gasteiger partial charge < -0.3 is 0 Å². The van der Waals surface area contributed by atoms with E-state index in [1.54, 1.807) is 11.1 Å². The molecule has 1 fully saturated rings. The van der Waals surface area contributed by atoms with E-state index in [-0.39, 0.29) is 10.8 Å². The van der Waals surface area contributed by atoms with Gasteiger partial charge in [0.05, 0.1) is 0 Å². The Bertz CT molecular complexity index is 1990. The topological polar surface area (TPSA) is 0 Å². The zero-order valence-corrected chi connectivity index (χ0v) is 28.1. The Morgan fingerprint density at radius 2 is 1.36 bits per heavy atom. The first-order chi connectivity index (χ1) is 21.6. The van der Waals surface area contributed by atoms with Crippen molar-refractivity contribution >= 4 is 17.2 Å². The monoisotopic (exact) mass is 588 g/mol. The molecule has 0 saturated heterocycles. The lowest BCUT2D eigenvalue weighted by Gasteiger charge is -2.35. The summed E-state index contributed by atoms with van der Waals surface area (Å²) in [6, 6.07) is 29.8. The van der Waals surface area contributed by atoms with Crippen LogP contribution in [0.15, 0.2) is 97.1 Å². The predicted molar refractivity (Wildman–Crippen MR) is 193 cm³/mol. The molecule has 1 saturated carbocycles. The fourth-order valence-electron chi connectivity index (χ4n) is 8.21. The quantitative estimate of drug-likeness (QED) is 0.196. The molecule has 0 amide bonds. The minimum atomic E-state index is -0.0208. The molecule has 4 aromatic carbocycles. The van der Waals surface area contributed by atoms with Crippen molar-refractivity contribution in [2.24, 2.45) is 0 Å². The molecule has 0 unspecified atom stereocenters. The largest absolute Gasteiger partial charge is 0.0801 e. The van der Waals surface area contributed by atoms with E-state index in [0.717, 1.165) is 6.42 Å². The Morgan fingerprint density at radius 1 is 0.711 bits per heavy atom. The number of hydrogen-bond acceptors (Lipinski definition) is 0. The maximum Gasteiger partial charge on any atom is -0.00169 e. The van der Waals surface area contributed by atoms with Crippen molar-refractivity contribution in [3.8, 4) is 0 Å². The number of allylic oxidation sites excluding steroid dienone is 4. The van der Waals surface area contributed by atoms with Crippen LogP contribution in [0.5, 0.6) is 0 Å². The summed E-state index contributed by atoms with van der Waals surface area (Å²) in [6.07, 6.45) is 17.1. The molecule has 0 heteroatoms. The van der Waals surface area contributed by atoms with E-state index in [4.69, 9.17) is 0 Å². The molecular formula is C45H48. The van der Waals surface area contributed by atoms with Crippen molar-refractivity contribution in [1.29, 1.82) is 0 Å². The van der Waals surface area contributed by atoms with Gasteiger partial charge in [0.2, 0.25) is 0 Å². The van der Waals surface area contributed by atoms with Gasteiger partial charge in [0, 0.05) is 0 Å². The van der Waals surface area contributed by atoms with Crippen molar-refractivity contribution < 1.29 is 0 Å². The van der Waals surface area contributed by atoms with Crippen LogP contribution in [0, 0.1) is 10.4 Å². The molecule has 0 spiro atoms. The molecule has 7 rings (SSSR count). The van der Waals surface area contributed by atoms with Gasteiger partial charge in [0.25, 0.3) is 0 Å². The van der Waals surface area contributed by atoms with Crippen molar-refractivity contribution in [2.45, 2.75) is 96.8 Å². The molecule has 0 N–H and O–H groups in total. The molecule has 0 nitrogen and oxygen atoms in total. The van der Waals surface area contributed by atoms with Gasteiger partial charge in [0.1, 0.15) is 0 Å². The lowest BCUT2D eigenvalue weighted by molar-refractivity contribution is 0.433. The van der Waals surface area contributed by atoms with E-state index in [9.17, 15) is 0 Å². The van der Waals surface area contributed by atoms with Gasteiger partial charge >= 0.3 is 0 Å². The second-order valence-electron chi connectivity index (χ2n) is 15.5. The first-order valence-corrected chi connectivity index (χ1v) is 17.2. The summed E-state index contributed by atoms with van der Waals surface area (Å²) in [6.45, 7) is 14.4. The second kappa shape index (κ2) is 11.5. The van der Waals surface area contributed by atoms with Crippen molar-refractivity contribution in [1.82, 2.24) is 0 Å². The van der Waals surface area contributed by atoms with Crippen LogP contribution in [0.4, 0.5) is 0 Å². The van der Waals surface area contributed by atoms with Gasteiger partial charge in [-0.25, -0.2) is 0 Å². The SMILES string of the molecule is CC(C)(C)c1ccc2c(c1)=Cc1c(C3=CC=CC3)c(C(C)(C)C)c(C3CCCCC3)c(=C(c3ccccc3)c3ccccc3)c1=2. The van der Waals surface area contributed by atoms with Gasteiger partial charge in [-0.15, -0.1) is 0 Å². The van der Waals surface area contributed by atoms with Crippen LogP contribution < -0.4 is 10.4 Å². The minimum absolute atomic E-state index is 0.0208. The van der Waals surface area contributed by atoms with E-state index >= 15 is 0 Å². The van der Waals surface area contributed by atoms with Gasteiger partial charge in [0.15, 0.2) is 0 Å². The van der Waals surface area contributed by atoms with E-state index in [1.165, 1.54) is 91.9 Å². The summed E-state index contributed by atoms with van der Waals surface area (Å²) < 4.78 is 0. The highest BCUT2D eigenvalue weighted by Gasteiger charge is 2.33. The Hall–Kier alpha value is -3.90. The maximum atomic E-state index is 2.55. The highest BCUT2D eigenvalue weighted by Crippen LogP contribution is 2.44. The van der Waals surface area contributed by atoms with Crippen LogP contribution in [-0.2, 0) is 10.8 Å². The van der Waals surface area contributed by atoms with E-state index in [1.807, 2.05) is 0 Å². The Labute approximate surface area is 270 Å². The summed E-state index contributed by atoms with van der Waals surface area (Å²) in [5, 5.41) is 5.69. The van der Waals surface area contributed by atoms with Gasteiger partial charge in [-0.1, -0.05) is 158 Å². The number of fused-ring (bicyclic) bond motifs is 2. The Balaban J connectivity index is 1.82. The lowest BCUT2D eigenvalue weighted by atomic mass is 9.69. The van der Waals surface area contributed by atoms with E-state index < -0.39 is 0 Å². The van der Waals surface area contributed by atoms with Crippen LogP contribution in [0.2, 0.25) is 0 Å². The van der Waals surface area contributed by atoms with Crippen molar-refractivity contribution in [3.05, 3.63) is 157 Å². The van der Waals surface area contributed by atoms with Gasteiger partial charge in [-0.2, -0.15) is 0 Å². The number of hydrogen-bond donors (Lipinski definition) is 0. The van der Waals surface area contributed by atoms with Crippen LogP contribution in [-0.4, -0.2) is 0 Å². The standard InChI is InChI=1S/C45H48/c1-44(2,3)35-26-27-36-34(28-35)29-37-39(32-24-16-17-25-32)43(45(4,5)6)40(33-22-14-9-15-23-33)42(41(36)37)38(30-18-10-7-11-19-30)31-20-12-8-13-21-31/h7-8,10-13,16-21,24,26-29,33H,9,14-15,22-23,25H2,1-6H3. The van der Waals surface area contributed by atoms with Gasteiger partial charge in [-0.3, -0.25) is 0 Å². The fraction of sp³-hybridized carbons (Fsp3) is 0.333. The highest BCUT2D eigenvalue weighted by molar-refractivity contribution is 5.86. The Kier molecular flexibility index (Phi) is 7.60.